The van der Waals surface area contributed by atoms with Crippen molar-refractivity contribution < 1.29 is 9.59 Å². The zero-order chi connectivity index (χ0) is 22.3. The van der Waals surface area contributed by atoms with Crippen LogP contribution in [0.3, 0.4) is 0 Å². The van der Waals surface area contributed by atoms with Crippen LogP contribution in [0.4, 0.5) is 5.69 Å². The van der Waals surface area contributed by atoms with Crippen LogP contribution in [0.25, 0.3) is 22.5 Å². The zero-order valence-corrected chi connectivity index (χ0v) is 17.9. The quantitative estimate of drug-likeness (QED) is 0.322. The predicted molar refractivity (Wildman–Crippen MR) is 127 cm³/mol. The summed E-state index contributed by atoms with van der Waals surface area (Å²) in [6, 6.07) is 28.2. The van der Waals surface area contributed by atoms with E-state index in [1.54, 1.807) is 24.3 Å². The highest BCUT2D eigenvalue weighted by atomic mass is 32.2. The normalized spacial score (nSPS) is 10.5. The highest BCUT2D eigenvalue weighted by Crippen LogP contribution is 2.27. The van der Waals surface area contributed by atoms with Gasteiger partial charge in [0.1, 0.15) is 0 Å². The number of thioether (sulfide) groups is 1. The summed E-state index contributed by atoms with van der Waals surface area (Å²) in [6.45, 7) is 0. The maximum atomic E-state index is 12.5. The first-order valence-corrected chi connectivity index (χ1v) is 10.9. The van der Waals surface area contributed by atoms with Crippen molar-refractivity contribution in [2.75, 3.05) is 11.1 Å². The van der Waals surface area contributed by atoms with E-state index in [1.165, 1.54) is 11.8 Å². The molecule has 1 heterocycles. The molecule has 0 radical (unpaired) electrons. The van der Waals surface area contributed by atoms with Gasteiger partial charge in [-0.05, 0) is 18.2 Å². The van der Waals surface area contributed by atoms with Crippen molar-refractivity contribution in [3.05, 3.63) is 96.6 Å². The molecular weight excluding hydrogens is 420 g/mol. The number of benzene rings is 3. The molecule has 4 aromatic rings. The Morgan fingerprint density at radius 1 is 0.781 bits per heavy atom. The molecule has 0 fully saturated rings. The van der Waals surface area contributed by atoms with Crippen molar-refractivity contribution in [2.45, 2.75) is 5.16 Å². The number of carbonyl (C=O) groups excluding carboxylic acids is 2. The Kier molecular flexibility index (Phi) is 6.57. The minimum absolute atomic E-state index is 0.0829. The highest BCUT2D eigenvalue weighted by molar-refractivity contribution is 7.99. The van der Waals surface area contributed by atoms with Crippen LogP contribution in [0.2, 0.25) is 0 Å². The van der Waals surface area contributed by atoms with Crippen molar-refractivity contribution in [2.24, 2.45) is 5.73 Å². The third-order valence-corrected chi connectivity index (χ3v) is 5.49. The van der Waals surface area contributed by atoms with E-state index in [0.29, 0.717) is 10.8 Å². The summed E-state index contributed by atoms with van der Waals surface area (Å²) in [5, 5.41) is 3.23. The highest BCUT2D eigenvalue weighted by Gasteiger charge is 2.13. The third kappa shape index (κ3) is 5.19. The summed E-state index contributed by atoms with van der Waals surface area (Å²) in [4.78, 5) is 33.4. The number of hydrogen-bond donors (Lipinski definition) is 2. The molecule has 0 aliphatic carbocycles. The Hall–Kier alpha value is -3.97. The number of hydrogen-bond acceptors (Lipinski definition) is 5. The predicted octanol–water partition coefficient (Wildman–Crippen LogP) is 4.64. The van der Waals surface area contributed by atoms with Crippen LogP contribution in [-0.2, 0) is 4.79 Å². The Balaban J connectivity index is 1.57. The maximum absolute atomic E-state index is 12.5. The fourth-order valence-electron chi connectivity index (χ4n) is 3.13. The number of rotatable bonds is 7. The topological polar surface area (TPSA) is 98.0 Å². The molecule has 6 nitrogen and oxygen atoms in total. The van der Waals surface area contributed by atoms with Crippen LogP contribution in [0.15, 0.2) is 96.2 Å². The van der Waals surface area contributed by atoms with Gasteiger partial charge in [-0.1, -0.05) is 84.6 Å². The largest absolute Gasteiger partial charge is 0.366 e. The van der Waals surface area contributed by atoms with E-state index in [4.69, 9.17) is 5.73 Å². The summed E-state index contributed by atoms with van der Waals surface area (Å²) < 4.78 is 0. The molecule has 0 aliphatic heterocycles. The molecule has 0 aliphatic rings. The molecule has 4 rings (SSSR count). The molecule has 0 bridgehead atoms. The van der Waals surface area contributed by atoms with E-state index in [2.05, 4.69) is 15.3 Å². The van der Waals surface area contributed by atoms with E-state index in [9.17, 15) is 9.59 Å². The van der Waals surface area contributed by atoms with Crippen LogP contribution < -0.4 is 11.1 Å². The zero-order valence-electron chi connectivity index (χ0n) is 17.1. The summed E-state index contributed by atoms with van der Waals surface area (Å²) in [5.41, 5.74) is 9.52. The molecule has 0 saturated carbocycles. The smallest absolute Gasteiger partial charge is 0.250 e. The molecule has 1 aromatic heterocycles. The van der Waals surface area contributed by atoms with Gasteiger partial charge < -0.3 is 11.1 Å². The van der Waals surface area contributed by atoms with E-state index < -0.39 is 5.91 Å². The SMILES string of the molecule is NC(=O)c1ccccc1NC(=O)CSc1nc(-c2ccccc2)cc(-c2ccccc2)n1. The van der Waals surface area contributed by atoms with Gasteiger partial charge in [0, 0.05) is 11.1 Å². The summed E-state index contributed by atoms with van der Waals surface area (Å²) >= 11 is 1.23. The van der Waals surface area contributed by atoms with E-state index in [-0.39, 0.29) is 17.2 Å². The first-order chi connectivity index (χ1) is 15.6. The summed E-state index contributed by atoms with van der Waals surface area (Å²) in [5.74, 6) is -0.793. The molecular formula is C25H20N4O2S. The van der Waals surface area contributed by atoms with Crippen LogP contribution in [-0.4, -0.2) is 27.5 Å². The van der Waals surface area contributed by atoms with Crippen LogP contribution in [0.5, 0.6) is 0 Å². The lowest BCUT2D eigenvalue weighted by Gasteiger charge is -2.10. The van der Waals surface area contributed by atoms with Crippen molar-refractivity contribution in [1.82, 2.24) is 9.97 Å². The van der Waals surface area contributed by atoms with Gasteiger partial charge in [-0.15, -0.1) is 0 Å². The maximum Gasteiger partial charge on any atom is 0.250 e. The molecule has 7 heteroatoms. The second-order valence-corrected chi connectivity index (χ2v) is 7.84. The number of nitrogens with zero attached hydrogens (tertiary/aromatic N) is 2. The molecule has 3 N–H and O–H groups in total. The Morgan fingerprint density at radius 3 is 1.88 bits per heavy atom. The fraction of sp³-hybridized carbons (Fsp3) is 0.0400. The number of anilines is 1. The molecule has 0 atom stereocenters. The molecule has 3 aromatic carbocycles. The second kappa shape index (κ2) is 9.89. The average molecular weight is 441 g/mol. The molecule has 0 unspecified atom stereocenters. The van der Waals surface area contributed by atoms with E-state index in [0.717, 1.165) is 22.5 Å². The molecule has 2 amide bonds. The van der Waals surface area contributed by atoms with Gasteiger partial charge in [-0.25, -0.2) is 9.97 Å². The third-order valence-electron chi connectivity index (χ3n) is 4.64. The number of amides is 2. The molecule has 0 spiro atoms. The van der Waals surface area contributed by atoms with Gasteiger partial charge in [0.05, 0.1) is 28.4 Å². The molecule has 0 saturated heterocycles. The first kappa shape index (κ1) is 21.3. The van der Waals surface area contributed by atoms with Crippen molar-refractivity contribution in [3.63, 3.8) is 0 Å². The summed E-state index contributed by atoms with van der Waals surface area (Å²) in [6.07, 6.45) is 0. The van der Waals surface area contributed by atoms with E-state index in [1.807, 2.05) is 66.7 Å². The molecule has 158 valence electrons. The number of para-hydroxylation sites is 1. The lowest BCUT2D eigenvalue weighted by atomic mass is 10.1. The Bertz CT molecular complexity index is 1190. The monoisotopic (exact) mass is 440 g/mol. The number of nitrogens with two attached hydrogens (primary N) is 1. The summed E-state index contributed by atoms with van der Waals surface area (Å²) in [7, 11) is 0. The van der Waals surface area contributed by atoms with Crippen LogP contribution in [0.1, 0.15) is 10.4 Å². The first-order valence-electron chi connectivity index (χ1n) is 9.91. The van der Waals surface area contributed by atoms with E-state index >= 15 is 0 Å². The van der Waals surface area contributed by atoms with Gasteiger partial charge >= 0.3 is 0 Å². The van der Waals surface area contributed by atoms with Gasteiger partial charge in [0.2, 0.25) is 5.91 Å². The van der Waals surface area contributed by atoms with Crippen molar-refractivity contribution in [3.8, 4) is 22.5 Å². The minimum Gasteiger partial charge on any atom is -0.366 e. The fourth-order valence-corrected chi connectivity index (χ4v) is 3.78. The van der Waals surface area contributed by atoms with Gasteiger partial charge in [0.25, 0.3) is 5.91 Å². The second-order valence-electron chi connectivity index (χ2n) is 6.90. The van der Waals surface area contributed by atoms with Crippen molar-refractivity contribution >= 4 is 29.3 Å². The van der Waals surface area contributed by atoms with Gasteiger partial charge in [-0.2, -0.15) is 0 Å². The minimum atomic E-state index is -0.597. The van der Waals surface area contributed by atoms with Crippen molar-refractivity contribution in [1.29, 1.82) is 0 Å². The number of aromatic nitrogens is 2. The molecule has 32 heavy (non-hydrogen) atoms. The average Bonchev–Trinajstić information content (AvgIpc) is 2.84. The Morgan fingerprint density at radius 2 is 1.31 bits per heavy atom. The lowest BCUT2D eigenvalue weighted by Crippen LogP contribution is -2.19. The Labute approximate surface area is 189 Å². The number of carbonyl (C=O) groups is 2. The van der Waals surface area contributed by atoms with Crippen LogP contribution >= 0.6 is 11.8 Å². The lowest BCUT2D eigenvalue weighted by molar-refractivity contribution is -0.113. The van der Waals surface area contributed by atoms with Crippen LogP contribution in [0, 0.1) is 0 Å². The number of primary amides is 1. The van der Waals surface area contributed by atoms with Gasteiger partial charge in [0.15, 0.2) is 5.16 Å². The standard InChI is InChI=1S/C25H20N4O2S/c26-24(31)19-13-7-8-14-20(19)27-23(30)16-32-25-28-21(17-9-3-1-4-10-17)15-22(29-25)18-11-5-2-6-12-18/h1-15H,16H2,(H2,26,31)(H,27,30). The number of nitrogens with one attached hydrogen (secondary N) is 1. The van der Waals surface area contributed by atoms with Gasteiger partial charge in [-0.3, -0.25) is 9.59 Å².